The average Bonchev–Trinajstić information content (AvgIpc) is 3.69. The molecule has 1 atom stereocenters. The van der Waals surface area contributed by atoms with E-state index >= 15 is 0 Å². The molecule has 1 fully saturated rings. The summed E-state index contributed by atoms with van der Waals surface area (Å²) in [6.45, 7) is 0.910. The van der Waals surface area contributed by atoms with Crippen LogP contribution in [0, 0.1) is 5.95 Å². The highest BCUT2D eigenvalue weighted by Gasteiger charge is 2.28. The fourth-order valence-corrected chi connectivity index (χ4v) is 5.32. The number of anilines is 3. The molecule has 1 aliphatic rings. The summed E-state index contributed by atoms with van der Waals surface area (Å²) in [6, 6.07) is 14.1. The van der Waals surface area contributed by atoms with E-state index in [2.05, 4.69) is 20.5 Å². The van der Waals surface area contributed by atoms with Crippen LogP contribution in [0.5, 0.6) is 0 Å². The maximum absolute atomic E-state index is 13.5. The average molecular weight is 551 g/mol. The molecule has 202 valence electrons. The van der Waals surface area contributed by atoms with Gasteiger partial charge in [0, 0.05) is 42.2 Å². The molecule has 1 aromatic carbocycles. The van der Waals surface area contributed by atoms with E-state index in [1.165, 1.54) is 23.6 Å². The molecular formula is C27H27FN6O4S. The van der Waals surface area contributed by atoms with Gasteiger partial charge in [-0.05, 0) is 66.9 Å². The first-order chi connectivity index (χ1) is 19.0. The topological polar surface area (TPSA) is 122 Å². The van der Waals surface area contributed by atoms with E-state index in [-0.39, 0.29) is 25.2 Å². The van der Waals surface area contributed by atoms with E-state index < -0.39 is 12.0 Å². The monoisotopic (exact) mass is 550 g/mol. The molecular weight excluding hydrogens is 523 g/mol. The molecule has 10 nitrogen and oxygen atoms in total. The highest BCUT2D eigenvalue weighted by atomic mass is 32.1. The number of ether oxygens (including phenoxy) is 1. The molecule has 5 rings (SSSR count). The molecule has 39 heavy (non-hydrogen) atoms. The fourth-order valence-electron chi connectivity index (χ4n) is 4.57. The Bertz CT molecular complexity index is 1440. The van der Waals surface area contributed by atoms with E-state index in [0.717, 1.165) is 30.8 Å². The van der Waals surface area contributed by atoms with Gasteiger partial charge in [0.25, 0.3) is 5.91 Å². The van der Waals surface area contributed by atoms with Gasteiger partial charge in [-0.3, -0.25) is 15.4 Å². The van der Waals surface area contributed by atoms with Crippen molar-refractivity contribution in [1.29, 1.82) is 0 Å². The van der Waals surface area contributed by atoms with Crippen LogP contribution in [0.4, 0.5) is 25.7 Å². The van der Waals surface area contributed by atoms with Crippen LogP contribution in [-0.4, -0.2) is 51.4 Å². The number of benzene rings is 1. The lowest BCUT2D eigenvalue weighted by molar-refractivity contribution is 0.101. The number of pyridine rings is 1. The number of aliphatic hydroxyl groups is 1. The Kier molecular flexibility index (Phi) is 8.13. The molecule has 3 aromatic heterocycles. The van der Waals surface area contributed by atoms with Crippen LogP contribution in [0.2, 0.25) is 0 Å². The van der Waals surface area contributed by atoms with Crippen LogP contribution in [0.25, 0.3) is 0 Å². The number of rotatable bonds is 9. The van der Waals surface area contributed by atoms with Gasteiger partial charge in [-0.15, -0.1) is 11.3 Å². The maximum atomic E-state index is 13.5. The SMILES string of the molecule is O=C(Nc1ccc(N2CCC[C@@H]2c2csc(NC(=O)c3cccn3Cc3ccnc(F)c3)n2)cc1)OCCO. The summed E-state index contributed by atoms with van der Waals surface area (Å²) in [4.78, 5) is 35.3. The third kappa shape index (κ3) is 6.41. The standard InChI is InChI=1S/C27H27FN6O4S/c28-24-15-18(9-10-29-24)16-33-11-1-4-23(33)25(36)32-26-31-21(17-39-26)22-3-2-12-34(22)20-7-5-19(6-8-20)30-27(37)38-14-13-35/h1,4-11,15,17,22,35H,2-3,12-14,16H2,(H,30,37)(H,31,32,36)/t22-/m1/s1. The number of hydrogen-bond acceptors (Lipinski definition) is 8. The van der Waals surface area contributed by atoms with Crippen molar-refractivity contribution in [3.05, 3.63) is 89.2 Å². The summed E-state index contributed by atoms with van der Waals surface area (Å²) in [6.07, 6.45) is 4.48. The lowest BCUT2D eigenvalue weighted by Gasteiger charge is -2.25. The zero-order valence-corrected chi connectivity index (χ0v) is 21.7. The molecule has 0 unspecified atom stereocenters. The number of aliphatic hydroxyl groups excluding tert-OH is 1. The number of halogens is 1. The first-order valence-electron chi connectivity index (χ1n) is 12.4. The zero-order chi connectivity index (χ0) is 27.2. The largest absolute Gasteiger partial charge is 0.447 e. The summed E-state index contributed by atoms with van der Waals surface area (Å²) in [7, 11) is 0. The van der Waals surface area contributed by atoms with Crippen molar-refractivity contribution >= 4 is 39.8 Å². The molecule has 0 bridgehead atoms. The van der Waals surface area contributed by atoms with Crippen LogP contribution in [0.15, 0.2) is 66.3 Å². The smallest absolute Gasteiger partial charge is 0.411 e. The zero-order valence-electron chi connectivity index (χ0n) is 20.9. The van der Waals surface area contributed by atoms with Crippen molar-refractivity contribution < 1.29 is 23.8 Å². The molecule has 0 spiro atoms. The highest BCUT2D eigenvalue weighted by molar-refractivity contribution is 7.14. The Morgan fingerprint density at radius 1 is 1.18 bits per heavy atom. The molecule has 12 heteroatoms. The number of carbonyl (C=O) groups is 2. The summed E-state index contributed by atoms with van der Waals surface area (Å²) in [5.41, 5.74) is 3.62. The second kappa shape index (κ2) is 12.0. The molecule has 4 heterocycles. The molecule has 1 saturated heterocycles. The van der Waals surface area contributed by atoms with E-state index in [1.54, 1.807) is 41.1 Å². The van der Waals surface area contributed by atoms with Gasteiger partial charge in [-0.1, -0.05) is 0 Å². The van der Waals surface area contributed by atoms with Gasteiger partial charge in [0.2, 0.25) is 5.95 Å². The highest BCUT2D eigenvalue weighted by Crippen LogP contribution is 2.37. The molecule has 4 aromatic rings. The minimum absolute atomic E-state index is 0.0605. The Morgan fingerprint density at radius 3 is 2.82 bits per heavy atom. The van der Waals surface area contributed by atoms with Crippen molar-refractivity contribution in [2.75, 3.05) is 35.3 Å². The minimum atomic E-state index is -0.619. The van der Waals surface area contributed by atoms with Gasteiger partial charge in [0.1, 0.15) is 12.3 Å². The predicted octanol–water partition coefficient (Wildman–Crippen LogP) is 4.66. The second-order valence-electron chi connectivity index (χ2n) is 8.92. The number of hydrogen-bond donors (Lipinski definition) is 3. The van der Waals surface area contributed by atoms with E-state index in [0.29, 0.717) is 28.6 Å². The van der Waals surface area contributed by atoms with Crippen molar-refractivity contribution in [2.45, 2.75) is 25.4 Å². The van der Waals surface area contributed by atoms with E-state index in [4.69, 9.17) is 14.8 Å². The van der Waals surface area contributed by atoms with Crippen LogP contribution >= 0.6 is 11.3 Å². The molecule has 1 aliphatic heterocycles. The van der Waals surface area contributed by atoms with Gasteiger partial charge < -0.3 is 19.3 Å². The number of aromatic nitrogens is 3. The summed E-state index contributed by atoms with van der Waals surface area (Å²) < 4.78 is 20.1. The summed E-state index contributed by atoms with van der Waals surface area (Å²) in [5, 5.41) is 16.8. The lowest BCUT2D eigenvalue weighted by atomic mass is 10.1. The third-order valence-electron chi connectivity index (χ3n) is 6.31. The maximum Gasteiger partial charge on any atom is 0.411 e. The van der Waals surface area contributed by atoms with Crippen LogP contribution in [-0.2, 0) is 11.3 Å². The van der Waals surface area contributed by atoms with Gasteiger partial charge in [-0.2, -0.15) is 4.39 Å². The second-order valence-corrected chi connectivity index (χ2v) is 9.78. The van der Waals surface area contributed by atoms with Crippen LogP contribution < -0.4 is 15.5 Å². The van der Waals surface area contributed by atoms with Gasteiger partial charge >= 0.3 is 6.09 Å². The normalized spacial score (nSPS) is 14.8. The Balaban J connectivity index is 1.23. The number of amides is 2. The molecule has 2 amide bonds. The lowest BCUT2D eigenvalue weighted by Crippen LogP contribution is -2.23. The Morgan fingerprint density at radius 2 is 2.03 bits per heavy atom. The Hall–Kier alpha value is -4.29. The van der Waals surface area contributed by atoms with Gasteiger partial charge in [0.05, 0.1) is 18.3 Å². The molecule has 0 aliphatic carbocycles. The van der Waals surface area contributed by atoms with Crippen LogP contribution in [0.3, 0.4) is 0 Å². The Labute approximate surface area is 228 Å². The van der Waals surface area contributed by atoms with Gasteiger partial charge in [-0.25, -0.2) is 14.8 Å². The molecule has 0 radical (unpaired) electrons. The van der Waals surface area contributed by atoms with E-state index in [9.17, 15) is 14.0 Å². The quantitative estimate of drug-likeness (QED) is 0.259. The van der Waals surface area contributed by atoms with Crippen molar-refractivity contribution in [3.8, 4) is 0 Å². The minimum Gasteiger partial charge on any atom is -0.447 e. The first kappa shape index (κ1) is 26.3. The number of nitrogens with zero attached hydrogens (tertiary/aromatic N) is 4. The number of carbonyl (C=O) groups excluding carboxylic acids is 2. The molecule has 3 N–H and O–H groups in total. The van der Waals surface area contributed by atoms with Crippen LogP contribution in [0.1, 0.15) is 40.6 Å². The third-order valence-corrected chi connectivity index (χ3v) is 7.09. The summed E-state index contributed by atoms with van der Waals surface area (Å²) >= 11 is 1.37. The van der Waals surface area contributed by atoms with Crippen molar-refractivity contribution in [2.24, 2.45) is 0 Å². The van der Waals surface area contributed by atoms with E-state index in [1.807, 2.05) is 17.5 Å². The van der Waals surface area contributed by atoms with Gasteiger partial charge in [0.15, 0.2) is 5.13 Å². The molecule has 0 saturated carbocycles. The predicted molar refractivity (Wildman–Crippen MR) is 146 cm³/mol. The fraction of sp³-hybridized carbons (Fsp3) is 0.259. The van der Waals surface area contributed by atoms with Crippen molar-refractivity contribution in [1.82, 2.24) is 14.5 Å². The number of nitrogens with one attached hydrogen (secondary N) is 2. The van der Waals surface area contributed by atoms with Crippen molar-refractivity contribution in [3.63, 3.8) is 0 Å². The first-order valence-corrected chi connectivity index (χ1v) is 13.3. The number of thiazole rings is 1. The summed E-state index contributed by atoms with van der Waals surface area (Å²) in [5.74, 6) is -0.854.